The Bertz CT molecular complexity index is 859. The molecule has 136 valence electrons. The molecule has 4 nitrogen and oxygen atoms in total. The molecule has 1 N–H and O–H groups in total. The fraction of sp³-hybridized carbons (Fsp3) is 0.263. The Morgan fingerprint density at radius 1 is 1.35 bits per heavy atom. The molecule has 1 aliphatic rings. The third kappa shape index (κ3) is 3.86. The molecule has 1 saturated heterocycles. The highest BCUT2D eigenvalue weighted by Crippen LogP contribution is 2.43. The molecule has 7 heteroatoms. The van der Waals surface area contributed by atoms with Crippen LogP contribution >= 0.6 is 23.4 Å². The van der Waals surface area contributed by atoms with Crippen LogP contribution in [0.3, 0.4) is 0 Å². The van der Waals surface area contributed by atoms with Crippen molar-refractivity contribution in [3.8, 4) is 0 Å². The minimum Gasteiger partial charge on any atom is -0.325 e. The van der Waals surface area contributed by atoms with Gasteiger partial charge in [-0.3, -0.25) is 14.5 Å². The van der Waals surface area contributed by atoms with Crippen molar-refractivity contribution in [3.05, 3.63) is 59.4 Å². The van der Waals surface area contributed by atoms with Gasteiger partial charge in [-0.25, -0.2) is 4.39 Å². The maximum Gasteiger partial charge on any atom is 0.242 e. The van der Waals surface area contributed by atoms with E-state index in [-0.39, 0.29) is 28.6 Å². The Balaban J connectivity index is 1.94. The van der Waals surface area contributed by atoms with Crippen molar-refractivity contribution in [3.63, 3.8) is 0 Å². The maximum absolute atomic E-state index is 14.3. The second-order valence-corrected chi connectivity index (χ2v) is 7.84. The number of nitrogens with one attached hydrogen (secondary N) is 1. The smallest absolute Gasteiger partial charge is 0.242 e. The van der Waals surface area contributed by atoms with Crippen LogP contribution in [0.15, 0.2) is 42.5 Å². The number of thioether (sulfide) groups is 1. The van der Waals surface area contributed by atoms with Gasteiger partial charge in [0.2, 0.25) is 11.8 Å². The van der Waals surface area contributed by atoms with Gasteiger partial charge >= 0.3 is 0 Å². The summed E-state index contributed by atoms with van der Waals surface area (Å²) >= 11 is 7.21. The summed E-state index contributed by atoms with van der Waals surface area (Å²) < 4.78 is 14.3. The van der Waals surface area contributed by atoms with Crippen molar-refractivity contribution in [1.29, 1.82) is 0 Å². The van der Waals surface area contributed by atoms with Gasteiger partial charge < -0.3 is 5.32 Å². The number of alkyl halides is 1. The summed E-state index contributed by atoms with van der Waals surface area (Å²) in [6, 6.07) is 11.9. The van der Waals surface area contributed by atoms with Crippen LogP contribution in [-0.2, 0) is 9.59 Å². The maximum atomic E-state index is 14.3. The molecule has 0 spiro atoms. The first-order valence-electron chi connectivity index (χ1n) is 8.11. The first-order valence-corrected chi connectivity index (χ1v) is 9.60. The first kappa shape index (κ1) is 18.7. The number of hydrogen-bond donors (Lipinski definition) is 1. The summed E-state index contributed by atoms with van der Waals surface area (Å²) in [5.41, 5.74) is 2.54. The van der Waals surface area contributed by atoms with Gasteiger partial charge in [0.15, 0.2) is 0 Å². The van der Waals surface area contributed by atoms with Crippen molar-refractivity contribution in [1.82, 2.24) is 0 Å². The minimum absolute atomic E-state index is 0.145. The zero-order valence-corrected chi connectivity index (χ0v) is 15.9. The molecule has 1 fully saturated rings. The zero-order valence-electron chi connectivity index (χ0n) is 14.3. The molecule has 2 amide bonds. The number of hydrogen-bond acceptors (Lipinski definition) is 3. The molecule has 2 aromatic rings. The van der Waals surface area contributed by atoms with Crippen molar-refractivity contribution >= 4 is 46.6 Å². The molecule has 0 aromatic heterocycles. The first-order chi connectivity index (χ1) is 12.4. The fourth-order valence-electron chi connectivity index (χ4n) is 2.75. The van der Waals surface area contributed by atoms with E-state index < -0.39 is 11.2 Å². The highest BCUT2D eigenvalue weighted by atomic mass is 35.5. The van der Waals surface area contributed by atoms with Crippen molar-refractivity contribution in [2.75, 3.05) is 16.0 Å². The van der Waals surface area contributed by atoms with E-state index in [0.717, 1.165) is 11.1 Å². The van der Waals surface area contributed by atoms with Gasteiger partial charge in [-0.05, 0) is 49.2 Å². The molecule has 1 heterocycles. The number of aryl methyl sites for hydroxylation is 1. The summed E-state index contributed by atoms with van der Waals surface area (Å²) in [4.78, 5) is 25.7. The van der Waals surface area contributed by atoms with Gasteiger partial charge in [0.25, 0.3) is 0 Å². The van der Waals surface area contributed by atoms with E-state index in [4.69, 9.17) is 11.6 Å². The SMILES string of the molecule is Cc1ccc(F)c(N2C(=O)CS[C@@H]2c2cccc(NC(=O)[C@@H](C)Cl)c2)c1. The summed E-state index contributed by atoms with van der Waals surface area (Å²) in [5.74, 6) is -0.612. The normalized spacial score (nSPS) is 18.1. The molecule has 26 heavy (non-hydrogen) atoms. The van der Waals surface area contributed by atoms with Gasteiger partial charge in [-0.2, -0.15) is 0 Å². The Morgan fingerprint density at radius 3 is 2.85 bits per heavy atom. The van der Waals surface area contributed by atoms with Crippen LogP contribution in [0, 0.1) is 12.7 Å². The van der Waals surface area contributed by atoms with Crippen LogP contribution in [0.2, 0.25) is 0 Å². The largest absolute Gasteiger partial charge is 0.325 e. The lowest BCUT2D eigenvalue weighted by atomic mass is 10.1. The van der Waals surface area contributed by atoms with E-state index in [9.17, 15) is 14.0 Å². The standard InChI is InChI=1S/C19H18ClFN2O2S/c1-11-6-7-15(21)16(8-11)23-17(24)10-26-19(23)13-4-3-5-14(9-13)22-18(25)12(2)20/h3-9,12,19H,10H2,1-2H3,(H,22,25)/t12-,19-/m1/s1. The molecule has 2 atom stereocenters. The summed E-state index contributed by atoms with van der Waals surface area (Å²) in [6.07, 6.45) is 0. The summed E-state index contributed by atoms with van der Waals surface area (Å²) in [5, 5.41) is 1.72. The van der Waals surface area contributed by atoms with E-state index in [2.05, 4.69) is 5.32 Å². The Morgan fingerprint density at radius 2 is 2.12 bits per heavy atom. The zero-order chi connectivity index (χ0) is 18.8. The number of amides is 2. The topological polar surface area (TPSA) is 49.4 Å². The summed E-state index contributed by atoms with van der Waals surface area (Å²) in [7, 11) is 0. The second-order valence-electron chi connectivity index (χ2n) is 6.11. The predicted octanol–water partition coefficient (Wildman–Crippen LogP) is 4.48. The van der Waals surface area contributed by atoms with E-state index in [1.807, 2.05) is 13.0 Å². The van der Waals surface area contributed by atoms with Crippen molar-refractivity contribution in [2.45, 2.75) is 24.6 Å². The molecular formula is C19H18ClFN2O2S. The summed E-state index contributed by atoms with van der Waals surface area (Å²) in [6.45, 7) is 3.45. The average molecular weight is 393 g/mol. The minimum atomic E-state index is -0.654. The number of carbonyl (C=O) groups excluding carboxylic acids is 2. The lowest BCUT2D eigenvalue weighted by molar-refractivity contribution is -0.116. The van der Waals surface area contributed by atoms with Gasteiger partial charge in [0.05, 0.1) is 11.4 Å². The average Bonchev–Trinajstić information content (AvgIpc) is 2.98. The Hall–Kier alpha value is -2.05. The van der Waals surface area contributed by atoms with Crippen LogP contribution < -0.4 is 10.2 Å². The van der Waals surface area contributed by atoms with Crippen LogP contribution in [-0.4, -0.2) is 22.9 Å². The number of carbonyl (C=O) groups is 2. The number of anilines is 2. The Labute approximate surface area is 160 Å². The highest BCUT2D eigenvalue weighted by molar-refractivity contribution is 8.00. The van der Waals surface area contributed by atoms with Crippen LogP contribution in [0.25, 0.3) is 0 Å². The lowest BCUT2D eigenvalue weighted by Crippen LogP contribution is -2.29. The molecule has 1 aliphatic heterocycles. The number of rotatable bonds is 4. The third-order valence-electron chi connectivity index (χ3n) is 4.03. The van der Waals surface area contributed by atoms with E-state index >= 15 is 0 Å². The van der Waals surface area contributed by atoms with Crippen molar-refractivity contribution in [2.24, 2.45) is 0 Å². The molecule has 0 radical (unpaired) electrons. The van der Waals surface area contributed by atoms with E-state index in [1.165, 1.54) is 22.7 Å². The van der Waals surface area contributed by atoms with Gasteiger partial charge in [-0.15, -0.1) is 23.4 Å². The van der Waals surface area contributed by atoms with Gasteiger partial charge in [0, 0.05) is 5.69 Å². The highest BCUT2D eigenvalue weighted by Gasteiger charge is 2.35. The Kier molecular flexibility index (Phi) is 5.53. The molecule has 0 saturated carbocycles. The molecular weight excluding hydrogens is 375 g/mol. The number of halogens is 2. The quantitative estimate of drug-likeness (QED) is 0.780. The van der Waals surface area contributed by atoms with Gasteiger partial charge in [0.1, 0.15) is 16.6 Å². The van der Waals surface area contributed by atoms with Crippen LogP contribution in [0.5, 0.6) is 0 Å². The fourth-order valence-corrected chi connectivity index (χ4v) is 3.96. The van der Waals surface area contributed by atoms with E-state index in [1.54, 1.807) is 37.3 Å². The lowest BCUT2D eigenvalue weighted by Gasteiger charge is -2.25. The van der Waals surface area contributed by atoms with E-state index in [0.29, 0.717) is 5.69 Å². The molecule has 3 rings (SSSR count). The molecule has 0 unspecified atom stereocenters. The predicted molar refractivity (Wildman–Crippen MR) is 104 cm³/mol. The molecule has 0 aliphatic carbocycles. The monoisotopic (exact) mass is 392 g/mol. The van der Waals surface area contributed by atoms with Crippen LogP contribution in [0.1, 0.15) is 23.4 Å². The number of benzene rings is 2. The second kappa shape index (κ2) is 7.68. The van der Waals surface area contributed by atoms with Crippen LogP contribution in [0.4, 0.5) is 15.8 Å². The molecule has 0 bridgehead atoms. The third-order valence-corrected chi connectivity index (χ3v) is 5.44. The molecule has 2 aromatic carbocycles. The van der Waals surface area contributed by atoms with Crippen molar-refractivity contribution < 1.29 is 14.0 Å². The van der Waals surface area contributed by atoms with Gasteiger partial charge in [-0.1, -0.05) is 18.2 Å². The number of nitrogens with zero attached hydrogens (tertiary/aromatic N) is 1.